The second kappa shape index (κ2) is 15.4. The summed E-state index contributed by atoms with van der Waals surface area (Å²) in [5.74, 6) is -0.369. The van der Waals surface area contributed by atoms with Crippen LogP contribution in [0.4, 0.5) is 13.2 Å². The van der Waals surface area contributed by atoms with E-state index in [1.165, 1.54) is 37.8 Å². The van der Waals surface area contributed by atoms with E-state index in [1.54, 1.807) is 24.4 Å². The number of halogens is 3. The van der Waals surface area contributed by atoms with Crippen molar-refractivity contribution in [1.29, 1.82) is 0 Å². The summed E-state index contributed by atoms with van der Waals surface area (Å²) in [5.41, 5.74) is 1.41. The van der Waals surface area contributed by atoms with Gasteiger partial charge in [-0.15, -0.1) is 0 Å². The quantitative estimate of drug-likeness (QED) is 0.179. The molecule has 0 aliphatic heterocycles. The molecule has 1 heterocycles. The smallest absolute Gasteiger partial charge is 0.427 e. The molecule has 35 heavy (non-hydrogen) atoms. The average molecular weight is 496 g/mol. The molecule has 0 radical (unpaired) electrons. The van der Waals surface area contributed by atoms with Gasteiger partial charge in [0.15, 0.2) is 0 Å². The lowest BCUT2D eigenvalue weighted by Crippen LogP contribution is -2.38. The zero-order valence-corrected chi connectivity index (χ0v) is 20.6. The van der Waals surface area contributed by atoms with Crippen LogP contribution in [0.2, 0.25) is 0 Å². The number of unbranched alkanes of at least 4 members (excludes halogenated alkanes) is 6. The van der Waals surface area contributed by atoms with Crippen LogP contribution in [0.3, 0.4) is 0 Å². The number of nitrogens with zero attached hydrogens (tertiary/aromatic N) is 1. The van der Waals surface area contributed by atoms with Gasteiger partial charge in [0, 0.05) is 12.2 Å². The van der Waals surface area contributed by atoms with E-state index in [4.69, 9.17) is 14.2 Å². The van der Waals surface area contributed by atoms with Crippen molar-refractivity contribution in [3.63, 3.8) is 0 Å². The molecule has 2 rings (SSSR count). The first-order valence-corrected chi connectivity index (χ1v) is 12.4. The third-order valence-corrected chi connectivity index (χ3v) is 5.45. The van der Waals surface area contributed by atoms with Crippen LogP contribution in [0.5, 0.6) is 5.75 Å². The fraction of sp³-hybridized carbons (Fsp3) is 0.556. The van der Waals surface area contributed by atoms with E-state index in [-0.39, 0.29) is 12.2 Å². The van der Waals surface area contributed by atoms with Gasteiger partial charge in [-0.25, -0.2) is 4.79 Å². The second-order valence-corrected chi connectivity index (χ2v) is 8.44. The molecule has 194 valence electrons. The summed E-state index contributed by atoms with van der Waals surface area (Å²) in [6, 6.07) is 9.72. The molecule has 0 saturated heterocycles. The van der Waals surface area contributed by atoms with Crippen LogP contribution in [0.15, 0.2) is 42.6 Å². The third-order valence-electron chi connectivity index (χ3n) is 5.45. The van der Waals surface area contributed by atoms with Gasteiger partial charge in [0.2, 0.25) is 6.10 Å². The van der Waals surface area contributed by atoms with Gasteiger partial charge >= 0.3 is 12.1 Å². The Balaban J connectivity index is 1.86. The van der Waals surface area contributed by atoms with Crippen LogP contribution >= 0.6 is 0 Å². The number of ether oxygens (including phenoxy) is 3. The highest BCUT2D eigenvalue weighted by Crippen LogP contribution is 2.25. The minimum absolute atomic E-state index is 0.0236. The Hall–Kier alpha value is -2.61. The van der Waals surface area contributed by atoms with Gasteiger partial charge < -0.3 is 14.2 Å². The summed E-state index contributed by atoms with van der Waals surface area (Å²) in [5, 5.41) is 0. The summed E-state index contributed by atoms with van der Waals surface area (Å²) in [6.45, 7) is 4.22. The van der Waals surface area contributed by atoms with Crippen molar-refractivity contribution >= 4 is 5.97 Å². The largest absolute Gasteiger partial charge is 0.492 e. The molecule has 2 aromatic rings. The van der Waals surface area contributed by atoms with E-state index in [1.807, 2.05) is 13.0 Å². The second-order valence-electron chi connectivity index (χ2n) is 8.44. The lowest BCUT2D eigenvalue weighted by atomic mass is 10.1. The normalized spacial score (nSPS) is 12.4. The van der Waals surface area contributed by atoms with Gasteiger partial charge in [0.05, 0.1) is 30.7 Å². The number of carbonyl (C=O) groups is 1. The van der Waals surface area contributed by atoms with Gasteiger partial charge in [0.25, 0.3) is 0 Å². The number of alkyl halides is 3. The molecule has 0 N–H and O–H groups in total. The van der Waals surface area contributed by atoms with Crippen LogP contribution in [0, 0.1) is 0 Å². The topological polar surface area (TPSA) is 57.7 Å². The Bertz CT molecular complexity index is 854. The number of esters is 1. The molecular weight excluding hydrogens is 459 g/mol. The number of rotatable bonds is 16. The first kappa shape index (κ1) is 28.6. The molecule has 1 aromatic heterocycles. The number of aromatic nitrogens is 1. The Labute approximate surface area is 206 Å². The summed E-state index contributed by atoms with van der Waals surface area (Å²) in [6.07, 6.45) is 3.21. The Morgan fingerprint density at radius 2 is 1.57 bits per heavy atom. The summed E-state index contributed by atoms with van der Waals surface area (Å²) >= 11 is 0. The number of pyridine rings is 1. The molecule has 8 heteroatoms. The van der Waals surface area contributed by atoms with Crippen LogP contribution in [0.25, 0.3) is 11.3 Å². The van der Waals surface area contributed by atoms with Crippen molar-refractivity contribution in [1.82, 2.24) is 4.98 Å². The minimum Gasteiger partial charge on any atom is -0.492 e. The van der Waals surface area contributed by atoms with Crippen LogP contribution < -0.4 is 4.74 Å². The first-order chi connectivity index (χ1) is 16.8. The molecular formula is C27H36F3NO4. The molecule has 0 bridgehead atoms. The Morgan fingerprint density at radius 1 is 0.886 bits per heavy atom. The third kappa shape index (κ3) is 10.7. The maximum Gasteiger partial charge on any atom is 0.427 e. The first-order valence-electron chi connectivity index (χ1n) is 12.4. The zero-order chi connectivity index (χ0) is 25.5. The van der Waals surface area contributed by atoms with Gasteiger partial charge in [0.1, 0.15) is 5.75 Å². The predicted molar refractivity (Wildman–Crippen MR) is 130 cm³/mol. The lowest BCUT2D eigenvalue weighted by Gasteiger charge is -2.20. The molecule has 0 amide bonds. The van der Waals surface area contributed by atoms with Gasteiger partial charge in [-0.2, -0.15) is 13.2 Å². The van der Waals surface area contributed by atoms with Crippen LogP contribution in [-0.2, 0) is 9.47 Å². The summed E-state index contributed by atoms with van der Waals surface area (Å²) in [7, 11) is 0. The van der Waals surface area contributed by atoms with E-state index in [9.17, 15) is 18.0 Å². The number of benzene rings is 1. The average Bonchev–Trinajstić information content (AvgIpc) is 2.85. The van der Waals surface area contributed by atoms with E-state index < -0.39 is 24.9 Å². The van der Waals surface area contributed by atoms with Crippen LogP contribution in [-0.4, -0.2) is 43.1 Å². The van der Waals surface area contributed by atoms with E-state index >= 15 is 0 Å². The summed E-state index contributed by atoms with van der Waals surface area (Å²) in [4.78, 5) is 16.7. The highest BCUT2D eigenvalue weighted by Gasteiger charge is 2.43. The summed E-state index contributed by atoms with van der Waals surface area (Å²) < 4.78 is 55.1. The van der Waals surface area contributed by atoms with Gasteiger partial charge in [-0.3, -0.25) is 4.98 Å². The standard InChI is InChI=1S/C27H36F3NO4/c1-3-5-7-8-9-10-18-34-23-15-16-24(31-19-23)21-11-13-22(14-12-21)26(32)35-25(27(28,29)30)20-33-17-6-4-2/h11-16,19,25H,3-10,17-18,20H2,1-2H3. The molecule has 1 aromatic carbocycles. The van der Waals surface area contributed by atoms with Crippen molar-refractivity contribution in [2.24, 2.45) is 0 Å². The minimum atomic E-state index is -4.70. The van der Waals surface area contributed by atoms with Gasteiger partial charge in [-0.1, -0.05) is 64.5 Å². The molecule has 0 aliphatic carbocycles. The van der Waals surface area contributed by atoms with Crippen molar-refractivity contribution in [3.8, 4) is 17.0 Å². The molecule has 0 saturated carbocycles. The Kier molecular flexibility index (Phi) is 12.6. The van der Waals surface area contributed by atoms with Crippen molar-refractivity contribution < 1.29 is 32.2 Å². The fourth-order valence-corrected chi connectivity index (χ4v) is 3.32. The van der Waals surface area contributed by atoms with Gasteiger partial charge in [-0.05, 0) is 37.1 Å². The predicted octanol–water partition coefficient (Wildman–Crippen LogP) is 7.39. The SMILES string of the molecule is CCCCCCCCOc1ccc(-c2ccc(C(=O)OC(COCCCC)C(F)(F)F)cc2)nc1. The van der Waals surface area contributed by atoms with E-state index in [2.05, 4.69) is 11.9 Å². The van der Waals surface area contributed by atoms with Crippen LogP contribution in [0.1, 0.15) is 75.6 Å². The number of hydrogen-bond donors (Lipinski definition) is 0. The highest BCUT2D eigenvalue weighted by atomic mass is 19.4. The molecule has 0 spiro atoms. The molecule has 0 aliphatic rings. The van der Waals surface area contributed by atoms with Crippen molar-refractivity contribution in [3.05, 3.63) is 48.2 Å². The molecule has 5 nitrogen and oxygen atoms in total. The Morgan fingerprint density at radius 3 is 2.20 bits per heavy atom. The number of carbonyl (C=O) groups excluding carboxylic acids is 1. The number of hydrogen-bond acceptors (Lipinski definition) is 5. The molecule has 1 atom stereocenters. The lowest BCUT2D eigenvalue weighted by molar-refractivity contribution is -0.217. The maximum atomic E-state index is 13.2. The van der Waals surface area contributed by atoms with E-state index in [0.29, 0.717) is 24.5 Å². The highest BCUT2D eigenvalue weighted by molar-refractivity contribution is 5.90. The van der Waals surface area contributed by atoms with E-state index in [0.717, 1.165) is 24.8 Å². The molecule has 1 unspecified atom stereocenters. The maximum absolute atomic E-state index is 13.2. The molecule has 0 fully saturated rings. The van der Waals surface area contributed by atoms with Crippen molar-refractivity contribution in [2.45, 2.75) is 77.5 Å². The fourth-order valence-electron chi connectivity index (χ4n) is 3.32. The van der Waals surface area contributed by atoms with Crippen molar-refractivity contribution in [2.75, 3.05) is 19.8 Å². The monoisotopic (exact) mass is 495 g/mol. The zero-order valence-electron chi connectivity index (χ0n) is 20.6.